The molecule has 0 aromatic heterocycles. The van der Waals surface area contributed by atoms with E-state index in [0.717, 1.165) is 18.5 Å². The number of esters is 1. The lowest BCUT2D eigenvalue weighted by molar-refractivity contribution is -0.141. The molecule has 92 valence electrons. The van der Waals surface area contributed by atoms with Crippen molar-refractivity contribution < 1.29 is 9.53 Å². The van der Waals surface area contributed by atoms with Gasteiger partial charge in [0.2, 0.25) is 0 Å². The smallest absolute Gasteiger partial charge is 0.306 e. The zero-order chi connectivity index (χ0) is 11.4. The number of carbonyl (C=O) groups is 1. The first-order valence-electron chi connectivity index (χ1n) is 6.62. The highest BCUT2D eigenvalue weighted by Gasteiger charge is 2.32. The summed E-state index contributed by atoms with van der Waals surface area (Å²) < 4.78 is 4.71. The number of methoxy groups -OCH3 is 1. The molecule has 1 aliphatic carbocycles. The fourth-order valence-corrected chi connectivity index (χ4v) is 3.34. The molecule has 1 saturated carbocycles. The lowest BCUT2D eigenvalue weighted by atomic mass is 9.78. The topological polar surface area (TPSA) is 29.5 Å². The van der Waals surface area contributed by atoms with Crippen LogP contribution in [0.3, 0.4) is 0 Å². The van der Waals surface area contributed by atoms with Gasteiger partial charge in [0.05, 0.1) is 13.5 Å². The molecule has 3 heteroatoms. The summed E-state index contributed by atoms with van der Waals surface area (Å²) in [5, 5.41) is 0. The van der Waals surface area contributed by atoms with Crippen LogP contribution in [0.1, 0.15) is 44.9 Å². The van der Waals surface area contributed by atoms with E-state index in [1.807, 2.05) is 0 Å². The summed E-state index contributed by atoms with van der Waals surface area (Å²) in [5.74, 6) is 0.832. The lowest BCUT2D eigenvalue weighted by Gasteiger charge is -2.44. The summed E-state index contributed by atoms with van der Waals surface area (Å²) in [4.78, 5) is 13.7. The van der Waals surface area contributed by atoms with Crippen LogP contribution in [0.25, 0.3) is 0 Å². The van der Waals surface area contributed by atoms with Crippen LogP contribution in [0.2, 0.25) is 0 Å². The van der Waals surface area contributed by atoms with E-state index in [4.69, 9.17) is 4.74 Å². The number of piperidine rings is 1. The highest BCUT2D eigenvalue weighted by molar-refractivity contribution is 5.69. The van der Waals surface area contributed by atoms with Crippen molar-refractivity contribution in [3.05, 3.63) is 0 Å². The van der Waals surface area contributed by atoms with Crippen LogP contribution < -0.4 is 0 Å². The predicted molar refractivity (Wildman–Crippen MR) is 63.2 cm³/mol. The summed E-state index contributed by atoms with van der Waals surface area (Å²) in [5.41, 5.74) is 0. The lowest BCUT2D eigenvalue weighted by Crippen LogP contribution is -2.47. The fourth-order valence-electron chi connectivity index (χ4n) is 3.34. The minimum atomic E-state index is -0.0714. The number of carbonyl (C=O) groups excluding carboxylic acids is 1. The number of ether oxygens (including phenoxy) is 1. The molecule has 0 N–H and O–H groups in total. The van der Waals surface area contributed by atoms with E-state index in [-0.39, 0.29) is 5.97 Å². The van der Waals surface area contributed by atoms with Crippen LogP contribution in [-0.2, 0) is 9.53 Å². The second kappa shape index (κ2) is 5.67. The maximum Gasteiger partial charge on any atom is 0.306 e. The number of hydrogen-bond donors (Lipinski definition) is 0. The monoisotopic (exact) mass is 225 g/mol. The Balaban J connectivity index is 1.85. The molecule has 0 radical (unpaired) electrons. The van der Waals surface area contributed by atoms with Crippen LogP contribution in [0.4, 0.5) is 0 Å². The molecule has 0 bridgehead atoms. The summed E-state index contributed by atoms with van der Waals surface area (Å²) >= 11 is 0. The van der Waals surface area contributed by atoms with Crippen molar-refractivity contribution in [3.63, 3.8) is 0 Å². The van der Waals surface area contributed by atoms with Gasteiger partial charge in [-0.25, -0.2) is 0 Å². The zero-order valence-corrected chi connectivity index (χ0v) is 10.3. The molecule has 0 amide bonds. The van der Waals surface area contributed by atoms with E-state index < -0.39 is 0 Å². The second-order valence-electron chi connectivity index (χ2n) is 5.12. The van der Waals surface area contributed by atoms with Crippen molar-refractivity contribution in [2.24, 2.45) is 5.92 Å². The maximum absolute atomic E-state index is 11.2. The van der Waals surface area contributed by atoms with E-state index >= 15 is 0 Å². The van der Waals surface area contributed by atoms with Gasteiger partial charge in [0.25, 0.3) is 0 Å². The third kappa shape index (κ3) is 2.76. The van der Waals surface area contributed by atoms with E-state index in [9.17, 15) is 4.79 Å². The van der Waals surface area contributed by atoms with Crippen molar-refractivity contribution >= 4 is 5.97 Å². The Kier molecular flexibility index (Phi) is 4.22. The van der Waals surface area contributed by atoms with Crippen molar-refractivity contribution in [1.29, 1.82) is 0 Å². The van der Waals surface area contributed by atoms with Gasteiger partial charge in [0.1, 0.15) is 0 Å². The summed E-state index contributed by atoms with van der Waals surface area (Å²) in [6, 6.07) is 0.757. The standard InChI is InChI=1S/C13H23NO2/c1-16-13(15)8-10-14-9-4-6-11-5-2-3-7-12(11)14/h11-12H,2-10H2,1H3/t11-,12-/m1/s1. The molecule has 2 fully saturated rings. The molecule has 2 rings (SSSR count). The summed E-state index contributed by atoms with van der Waals surface area (Å²) in [6.07, 6.45) is 8.79. The Morgan fingerprint density at radius 1 is 1.25 bits per heavy atom. The maximum atomic E-state index is 11.2. The van der Waals surface area contributed by atoms with Crippen LogP contribution in [0.5, 0.6) is 0 Å². The first-order valence-corrected chi connectivity index (χ1v) is 6.62. The van der Waals surface area contributed by atoms with Crippen molar-refractivity contribution in [2.45, 2.75) is 51.0 Å². The zero-order valence-electron chi connectivity index (χ0n) is 10.3. The van der Waals surface area contributed by atoms with Crippen LogP contribution in [0, 0.1) is 5.92 Å². The molecular weight excluding hydrogens is 202 g/mol. The van der Waals surface area contributed by atoms with Crippen molar-refractivity contribution in [2.75, 3.05) is 20.2 Å². The molecule has 0 aromatic carbocycles. The molecule has 1 saturated heterocycles. The summed E-state index contributed by atoms with van der Waals surface area (Å²) in [7, 11) is 1.47. The largest absolute Gasteiger partial charge is 0.469 e. The van der Waals surface area contributed by atoms with Gasteiger partial charge < -0.3 is 4.74 Å². The van der Waals surface area contributed by atoms with Gasteiger partial charge in [-0.2, -0.15) is 0 Å². The highest BCUT2D eigenvalue weighted by Crippen LogP contribution is 2.35. The quantitative estimate of drug-likeness (QED) is 0.690. The third-order valence-corrected chi connectivity index (χ3v) is 4.19. The Morgan fingerprint density at radius 3 is 2.81 bits per heavy atom. The van der Waals surface area contributed by atoms with E-state index in [0.29, 0.717) is 6.42 Å². The van der Waals surface area contributed by atoms with Gasteiger partial charge in [-0.1, -0.05) is 12.8 Å². The molecule has 0 spiro atoms. The molecule has 2 aliphatic rings. The average Bonchev–Trinajstić information content (AvgIpc) is 2.35. The number of fused-ring (bicyclic) bond motifs is 1. The number of hydrogen-bond acceptors (Lipinski definition) is 3. The minimum absolute atomic E-state index is 0.0714. The van der Waals surface area contributed by atoms with E-state index in [2.05, 4.69) is 4.90 Å². The molecule has 0 unspecified atom stereocenters. The average molecular weight is 225 g/mol. The number of nitrogens with zero attached hydrogens (tertiary/aromatic N) is 1. The fraction of sp³-hybridized carbons (Fsp3) is 0.923. The van der Waals surface area contributed by atoms with Crippen LogP contribution in [0.15, 0.2) is 0 Å². The highest BCUT2D eigenvalue weighted by atomic mass is 16.5. The molecule has 3 nitrogen and oxygen atoms in total. The molecule has 0 aromatic rings. The van der Waals surface area contributed by atoms with Gasteiger partial charge in [-0.3, -0.25) is 9.69 Å². The van der Waals surface area contributed by atoms with Gasteiger partial charge in [0.15, 0.2) is 0 Å². The predicted octanol–water partition coefficient (Wildman–Crippen LogP) is 2.20. The van der Waals surface area contributed by atoms with E-state index in [1.54, 1.807) is 0 Å². The molecular formula is C13H23NO2. The second-order valence-corrected chi connectivity index (χ2v) is 5.12. The summed E-state index contributed by atoms with van der Waals surface area (Å²) in [6.45, 7) is 2.08. The minimum Gasteiger partial charge on any atom is -0.469 e. The first-order chi connectivity index (χ1) is 7.81. The molecule has 1 aliphatic heterocycles. The first kappa shape index (κ1) is 11.9. The van der Waals surface area contributed by atoms with Gasteiger partial charge in [0, 0.05) is 12.6 Å². The molecule has 2 atom stereocenters. The Morgan fingerprint density at radius 2 is 2.00 bits per heavy atom. The Labute approximate surface area is 98.1 Å². The van der Waals surface area contributed by atoms with Crippen molar-refractivity contribution in [3.8, 4) is 0 Å². The van der Waals surface area contributed by atoms with Gasteiger partial charge in [-0.15, -0.1) is 0 Å². The molecule has 16 heavy (non-hydrogen) atoms. The number of likely N-dealkylation sites (tertiary alicyclic amines) is 1. The normalized spacial score (nSPS) is 30.8. The van der Waals surface area contributed by atoms with Gasteiger partial charge >= 0.3 is 5.97 Å². The Bertz CT molecular complexity index is 240. The van der Waals surface area contributed by atoms with E-state index in [1.165, 1.54) is 52.2 Å². The Hall–Kier alpha value is -0.570. The van der Waals surface area contributed by atoms with Crippen molar-refractivity contribution in [1.82, 2.24) is 4.90 Å². The molecule has 1 heterocycles. The van der Waals surface area contributed by atoms with Gasteiger partial charge in [-0.05, 0) is 38.1 Å². The van der Waals surface area contributed by atoms with Crippen LogP contribution >= 0.6 is 0 Å². The SMILES string of the molecule is COC(=O)CCN1CCC[C@H]2CCCC[C@H]21. The third-order valence-electron chi connectivity index (χ3n) is 4.19. The van der Waals surface area contributed by atoms with Crippen LogP contribution in [-0.4, -0.2) is 37.1 Å². The number of rotatable bonds is 3.